The van der Waals surface area contributed by atoms with Gasteiger partial charge in [-0.2, -0.15) is 5.10 Å². The van der Waals surface area contributed by atoms with E-state index in [-0.39, 0.29) is 11.6 Å². The van der Waals surface area contributed by atoms with Gasteiger partial charge in [-0.15, -0.1) is 0 Å². The van der Waals surface area contributed by atoms with Crippen LogP contribution in [-0.4, -0.2) is 32.1 Å². The molecule has 2 aromatic rings. The van der Waals surface area contributed by atoms with Gasteiger partial charge in [-0.1, -0.05) is 0 Å². The third kappa shape index (κ3) is 3.35. The number of nitro benzene ring substituents is 1. The summed E-state index contributed by atoms with van der Waals surface area (Å²) in [7, 11) is 0. The van der Waals surface area contributed by atoms with Crippen molar-refractivity contribution in [2.24, 2.45) is 0 Å². The molecule has 0 aliphatic heterocycles. The lowest BCUT2D eigenvalue weighted by Crippen LogP contribution is -2.27. The van der Waals surface area contributed by atoms with E-state index in [1.165, 1.54) is 18.2 Å². The zero-order chi connectivity index (χ0) is 17.3. The molecule has 24 heavy (non-hydrogen) atoms. The van der Waals surface area contributed by atoms with Crippen LogP contribution in [0, 0.1) is 21.8 Å². The maximum Gasteiger partial charge on any atom is 0.272 e. The predicted molar refractivity (Wildman–Crippen MR) is 89.6 cm³/mol. The number of rotatable bonds is 6. The molecule has 1 aromatic heterocycles. The number of hydrogen-bond acceptors (Lipinski definition) is 5. The van der Waals surface area contributed by atoms with E-state index in [4.69, 9.17) is 12.2 Å². The van der Waals surface area contributed by atoms with E-state index in [1.807, 2.05) is 4.57 Å². The molecule has 8 nitrogen and oxygen atoms in total. The first-order valence-electron chi connectivity index (χ1n) is 7.65. The molecule has 9 heteroatoms. The molecule has 126 valence electrons. The molecule has 1 aliphatic carbocycles. The molecule has 1 heterocycles. The number of H-pyrrole nitrogens is 1. The Morgan fingerprint density at radius 2 is 2.29 bits per heavy atom. The maximum absolute atomic E-state index is 12.2. The summed E-state index contributed by atoms with van der Waals surface area (Å²) in [5, 5.41) is 20.7. The number of aryl methyl sites for hydroxylation is 1. The SMILES string of the molecule is Cc1cc(C(=O)NCCn2c(C3CC3)n[nH]c2=S)ccc1[N+](=O)[O-]. The normalized spacial score (nSPS) is 13.7. The highest BCUT2D eigenvalue weighted by atomic mass is 32.1. The monoisotopic (exact) mass is 347 g/mol. The van der Waals surface area contributed by atoms with Crippen molar-refractivity contribution in [1.29, 1.82) is 0 Å². The minimum absolute atomic E-state index is 0.00493. The molecule has 2 N–H and O–H groups in total. The lowest BCUT2D eigenvalue weighted by molar-refractivity contribution is -0.385. The van der Waals surface area contributed by atoms with Gasteiger partial charge in [-0.3, -0.25) is 20.0 Å². The quantitative estimate of drug-likeness (QED) is 0.474. The molecular weight excluding hydrogens is 330 g/mol. The minimum atomic E-state index is -0.461. The second kappa shape index (κ2) is 6.52. The molecule has 1 aliphatic rings. The van der Waals surface area contributed by atoms with Crippen LogP contribution in [-0.2, 0) is 6.54 Å². The van der Waals surface area contributed by atoms with Crippen LogP contribution in [0.25, 0.3) is 0 Å². The Labute approximate surface area is 143 Å². The van der Waals surface area contributed by atoms with E-state index in [0.717, 1.165) is 18.7 Å². The topological polar surface area (TPSA) is 106 Å². The number of carbonyl (C=O) groups excluding carboxylic acids is 1. The molecule has 1 aromatic carbocycles. The minimum Gasteiger partial charge on any atom is -0.350 e. The van der Waals surface area contributed by atoms with E-state index in [1.54, 1.807) is 6.92 Å². The number of benzene rings is 1. The summed E-state index contributed by atoms with van der Waals surface area (Å²) in [6.45, 7) is 2.56. The number of amides is 1. The average Bonchev–Trinajstić information content (AvgIpc) is 3.31. The Morgan fingerprint density at radius 3 is 2.92 bits per heavy atom. The Bertz CT molecular complexity index is 853. The first-order valence-corrected chi connectivity index (χ1v) is 8.06. The summed E-state index contributed by atoms with van der Waals surface area (Å²) in [4.78, 5) is 22.5. The fourth-order valence-corrected chi connectivity index (χ4v) is 2.81. The lowest BCUT2D eigenvalue weighted by atomic mass is 10.1. The van der Waals surface area contributed by atoms with E-state index < -0.39 is 4.92 Å². The molecule has 0 saturated heterocycles. The van der Waals surface area contributed by atoms with Crippen LogP contribution in [0.4, 0.5) is 5.69 Å². The number of nitro groups is 1. The van der Waals surface area contributed by atoms with Crippen molar-refractivity contribution in [3.8, 4) is 0 Å². The molecule has 3 rings (SSSR count). The van der Waals surface area contributed by atoms with Crippen molar-refractivity contribution in [3.63, 3.8) is 0 Å². The highest BCUT2D eigenvalue weighted by Gasteiger charge is 2.28. The van der Waals surface area contributed by atoms with Crippen molar-refractivity contribution < 1.29 is 9.72 Å². The largest absolute Gasteiger partial charge is 0.350 e. The number of nitrogens with one attached hydrogen (secondary N) is 2. The van der Waals surface area contributed by atoms with E-state index in [0.29, 0.717) is 34.9 Å². The molecular formula is C15H17N5O3S. The summed E-state index contributed by atoms with van der Waals surface area (Å²) in [6.07, 6.45) is 2.24. The van der Waals surface area contributed by atoms with Crippen LogP contribution < -0.4 is 5.32 Å². The average molecular weight is 347 g/mol. The standard InChI is InChI=1S/C15H17N5O3S/c1-9-8-11(4-5-12(9)20(22)23)14(21)16-6-7-19-13(10-2-3-10)17-18-15(19)24/h4-5,8,10H,2-3,6-7H2,1H3,(H,16,21)(H,18,24). The number of aromatic amines is 1. The van der Waals surface area contributed by atoms with Gasteiger partial charge in [-0.05, 0) is 44.1 Å². The van der Waals surface area contributed by atoms with Gasteiger partial charge in [0.2, 0.25) is 0 Å². The van der Waals surface area contributed by atoms with Gasteiger partial charge in [0.15, 0.2) is 4.77 Å². The number of aromatic nitrogens is 3. The Kier molecular flexibility index (Phi) is 4.43. The van der Waals surface area contributed by atoms with Crippen molar-refractivity contribution in [1.82, 2.24) is 20.1 Å². The van der Waals surface area contributed by atoms with Crippen LogP contribution >= 0.6 is 12.2 Å². The molecule has 1 fully saturated rings. The van der Waals surface area contributed by atoms with Crippen LogP contribution in [0.15, 0.2) is 18.2 Å². The molecule has 0 radical (unpaired) electrons. The zero-order valence-electron chi connectivity index (χ0n) is 13.1. The highest BCUT2D eigenvalue weighted by Crippen LogP contribution is 2.38. The molecule has 0 bridgehead atoms. The second-order valence-corrected chi connectivity index (χ2v) is 6.21. The van der Waals surface area contributed by atoms with Crippen molar-refractivity contribution in [2.75, 3.05) is 6.54 Å². The molecule has 1 amide bonds. The zero-order valence-corrected chi connectivity index (χ0v) is 13.9. The van der Waals surface area contributed by atoms with Gasteiger partial charge in [0, 0.05) is 36.2 Å². The van der Waals surface area contributed by atoms with E-state index in [2.05, 4.69) is 15.5 Å². The van der Waals surface area contributed by atoms with Gasteiger partial charge in [0.1, 0.15) is 5.82 Å². The van der Waals surface area contributed by atoms with Crippen molar-refractivity contribution >= 4 is 23.8 Å². The summed E-state index contributed by atoms with van der Waals surface area (Å²) < 4.78 is 2.46. The number of hydrogen-bond donors (Lipinski definition) is 2. The Hall–Kier alpha value is -2.55. The summed E-state index contributed by atoms with van der Waals surface area (Å²) >= 11 is 5.22. The van der Waals surface area contributed by atoms with Crippen LogP contribution in [0.3, 0.4) is 0 Å². The van der Waals surface area contributed by atoms with Gasteiger partial charge in [0.05, 0.1) is 4.92 Å². The molecule has 0 atom stereocenters. The van der Waals surface area contributed by atoms with Crippen molar-refractivity contribution in [3.05, 3.63) is 50.0 Å². The predicted octanol–water partition coefficient (Wildman–Crippen LogP) is 2.46. The van der Waals surface area contributed by atoms with E-state index >= 15 is 0 Å². The fraction of sp³-hybridized carbons (Fsp3) is 0.400. The fourth-order valence-electron chi connectivity index (χ4n) is 2.58. The van der Waals surface area contributed by atoms with Crippen molar-refractivity contribution in [2.45, 2.75) is 32.2 Å². The molecule has 1 saturated carbocycles. The third-order valence-electron chi connectivity index (χ3n) is 4.01. The number of nitrogens with zero attached hydrogens (tertiary/aromatic N) is 3. The summed E-state index contributed by atoms with van der Waals surface area (Å²) in [5.74, 6) is 1.14. The Balaban J connectivity index is 1.62. The Morgan fingerprint density at radius 1 is 1.54 bits per heavy atom. The van der Waals surface area contributed by atoms with Crippen LogP contribution in [0.5, 0.6) is 0 Å². The highest BCUT2D eigenvalue weighted by molar-refractivity contribution is 7.71. The van der Waals surface area contributed by atoms with Gasteiger partial charge in [0.25, 0.3) is 11.6 Å². The smallest absolute Gasteiger partial charge is 0.272 e. The molecule has 0 spiro atoms. The summed E-state index contributed by atoms with van der Waals surface area (Å²) in [5.41, 5.74) is 0.863. The maximum atomic E-state index is 12.2. The summed E-state index contributed by atoms with van der Waals surface area (Å²) in [6, 6.07) is 4.33. The second-order valence-electron chi connectivity index (χ2n) is 5.83. The van der Waals surface area contributed by atoms with E-state index in [9.17, 15) is 14.9 Å². The number of carbonyl (C=O) groups is 1. The lowest BCUT2D eigenvalue weighted by Gasteiger charge is -2.08. The molecule has 0 unspecified atom stereocenters. The van der Waals surface area contributed by atoms with Gasteiger partial charge >= 0.3 is 0 Å². The van der Waals surface area contributed by atoms with Crippen LogP contribution in [0.2, 0.25) is 0 Å². The third-order valence-corrected chi connectivity index (χ3v) is 4.32. The van der Waals surface area contributed by atoms with Gasteiger partial charge in [-0.25, -0.2) is 0 Å². The van der Waals surface area contributed by atoms with Crippen LogP contribution in [0.1, 0.15) is 40.5 Å². The first-order chi connectivity index (χ1) is 11.5. The van der Waals surface area contributed by atoms with Gasteiger partial charge < -0.3 is 9.88 Å². The first kappa shape index (κ1) is 16.3.